The summed E-state index contributed by atoms with van der Waals surface area (Å²) < 4.78 is 0.691. The van der Waals surface area contributed by atoms with Crippen LogP contribution < -0.4 is 4.90 Å². The Morgan fingerprint density at radius 2 is 1.72 bits per heavy atom. The van der Waals surface area contributed by atoms with E-state index in [1.165, 1.54) is 39.3 Å². The van der Waals surface area contributed by atoms with Crippen molar-refractivity contribution in [2.45, 2.75) is 56.2 Å². The van der Waals surface area contributed by atoms with Crippen molar-refractivity contribution in [3.05, 3.63) is 98.2 Å². The van der Waals surface area contributed by atoms with Gasteiger partial charge in [-0.15, -0.1) is 21.5 Å². The number of nitrogens with zero attached hydrogens (tertiary/aromatic N) is 4. The number of thioether (sulfide) groups is 1. The summed E-state index contributed by atoms with van der Waals surface area (Å²) in [5.41, 5.74) is 3.51. The molecule has 200 valence electrons. The average molecular weight is 577 g/mol. The highest BCUT2D eigenvalue weighted by atomic mass is 32.2. The highest BCUT2D eigenvalue weighted by Crippen LogP contribution is 2.44. The number of hydrogen-bond acceptors (Lipinski definition) is 9. The minimum atomic E-state index is -0.847. The van der Waals surface area contributed by atoms with Gasteiger partial charge in [0.05, 0.1) is 27.2 Å². The van der Waals surface area contributed by atoms with Crippen LogP contribution in [-0.2, 0) is 16.0 Å². The minimum Gasteiger partial charge on any atom is -0.503 e. The molecule has 10 heteroatoms. The fourth-order valence-corrected chi connectivity index (χ4v) is 7.15. The number of benzene rings is 2. The highest BCUT2D eigenvalue weighted by molar-refractivity contribution is 8.00. The number of aliphatic hydroxyl groups is 1. The summed E-state index contributed by atoms with van der Waals surface area (Å²) in [5, 5.41) is 20.8. The third kappa shape index (κ3) is 5.41. The van der Waals surface area contributed by atoms with Crippen LogP contribution >= 0.6 is 34.4 Å². The van der Waals surface area contributed by atoms with Crippen molar-refractivity contribution >= 4 is 51.3 Å². The van der Waals surface area contributed by atoms with Crippen molar-refractivity contribution in [1.29, 1.82) is 0 Å². The Bertz CT molecular complexity index is 1570. The smallest absolute Gasteiger partial charge is 0.296 e. The number of amides is 1. The Morgan fingerprint density at radius 1 is 1.03 bits per heavy atom. The van der Waals surface area contributed by atoms with E-state index in [-0.39, 0.29) is 11.0 Å². The maximum atomic E-state index is 13.8. The number of anilines is 1. The molecule has 5 rings (SSSR count). The normalized spacial score (nSPS) is 15.9. The van der Waals surface area contributed by atoms with Gasteiger partial charge in [-0.25, -0.2) is 4.98 Å². The molecule has 1 amide bonds. The predicted molar refractivity (Wildman–Crippen MR) is 157 cm³/mol. The Kier molecular flexibility index (Phi) is 7.45. The van der Waals surface area contributed by atoms with Crippen LogP contribution in [0.15, 0.2) is 70.3 Å². The maximum Gasteiger partial charge on any atom is 0.296 e. The molecule has 7 nitrogen and oxygen atoms in total. The molecule has 3 heterocycles. The van der Waals surface area contributed by atoms with E-state index in [4.69, 9.17) is 0 Å². The van der Waals surface area contributed by atoms with Gasteiger partial charge in [0, 0.05) is 5.75 Å². The lowest BCUT2D eigenvalue weighted by atomic mass is 9.85. The van der Waals surface area contributed by atoms with Gasteiger partial charge in [-0.2, -0.15) is 0 Å². The Balaban J connectivity index is 1.54. The Hall–Kier alpha value is -3.34. The van der Waals surface area contributed by atoms with Crippen LogP contribution in [0, 0.1) is 13.8 Å². The molecule has 1 unspecified atom stereocenters. The summed E-state index contributed by atoms with van der Waals surface area (Å²) in [6.07, 6.45) is 0. The van der Waals surface area contributed by atoms with E-state index in [1.54, 1.807) is 6.92 Å². The summed E-state index contributed by atoms with van der Waals surface area (Å²) in [6, 6.07) is 17.0. The second kappa shape index (κ2) is 10.7. The van der Waals surface area contributed by atoms with Crippen LogP contribution in [0.25, 0.3) is 0 Å². The van der Waals surface area contributed by atoms with E-state index in [1.807, 2.05) is 61.5 Å². The molecule has 1 N–H and O–H groups in total. The van der Waals surface area contributed by atoms with E-state index < -0.39 is 23.5 Å². The lowest BCUT2D eigenvalue weighted by molar-refractivity contribution is -0.117. The van der Waals surface area contributed by atoms with Gasteiger partial charge in [0.1, 0.15) is 0 Å². The van der Waals surface area contributed by atoms with Gasteiger partial charge in [-0.05, 0) is 36.0 Å². The SMILES string of the molecule is Cc1nc(C)c(C(=O)C2=C(O)C(=O)N(c3nnc(SCc4ccccc4)s3)C2c2ccc(C(C)(C)C)cc2)s1. The zero-order valence-corrected chi connectivity index (χ0v) is 24.7. The fourth-order valence-electron chi connectivity index (χ4n) is 4.46. The van der Waals surface area contributed by atoms with E-state index >= 15 is 0 Å². The molecule has 1 aliphatic rings. The molecule has 39 heavy (non-hydrogen) atoms. The molecule has 0 fully saturated rings. The van der Waals surface area contributed by atoms with Gasteiger partial charge in [0.15, 0.2) is 10.1 Å². The molecule has 1 aliphatic heterocycles. The summed E-state index contributed by atoms with van der Waals surface area (Å²) in [5.74, 6) is -0.931. The van der Waals surface area contributed by atoms with E-state index in [0.717, 1.165) is 16.1 Å². The zero-order chi connectivity index (χ0) is 27.9. The molecule has 2 aromatic heterocycles. The number of hydrogen-bond donors (Lipinski definition) is 1. The molecule has 0 aliphatic carbocycles. The highest BCUT2D eigenvalue weighted by Gasteiger charge is 2.46. The first kappa shape index (κ1) is 27.2. The molecule has 0 bridgehead atoms. The topological polar surface area (TPSA) is 96.3 Å². The number of thiazole rings is 1. The number of carbonyl (C=O) groups is 2. The molecular weight excluding hydrogens is 549 g/mol. The summed E-state index contributed by atoms with van der Waals surface area (Å²) >= 11 is 4.04. The van der Waals surface area contributed by atoms with Gasteiger partial charge < -0.3 is 5.11 Å². The van der Waals surface area contributed by atoms with E-state index in [9.17, 15) is 14.7 Å². The first-order valence-electron chi connectivity index (χ1n) is 12.4. The van der Waals surface area contributed by atoms with Crippen LogP contribution in [0.5, 0.6) is 0 Å². The first-order valence-corrected chi connectivity index (χ1v) is 15.0. The van der Waals surface area contributed by atoms with Crippen molar-refractivity contribution < 1.29 is 14.7 Å². The van der Waals surface area contributed by atoms with Crippen LogP contribution in [-0.4, -0.2) is 32.0 Å². The van der Waals surface area contributed by atoms with Crippen molar-refractivity contribution in [3.8, 4) is 0 Å². The Morgan fingerprint density at radius 3 is 2.33 bits per heavy atom. The van der Waals surface area contributed by atoms with E-state index in [2.05, 4.69) is 36.0 Å². The number of ketones is 1. The van der Waals surface area contributed by atoms with Crippen molar-refractivity contribution in [2.75, 3.05) is 4.90 Å². The quantitative estimate of drug-likeness (QED) is 0.144. The van der Waals surface area contributed by atoms with Crippen molar-refractivity contribution in [2.24, 2.45) is 0 Å². The number of rotatable bonds is 7. The van der Waals surface area contributed by atoms with E-state index in [0.29, 0.717) is 31.4 Å². The van der Waals surface area contributed by atoms with Crippen molar-refractivity contribution in [3.63, 3.8) is 0 Å². The van der Waals surface area contributed by atoms with Gasteiger partial charge in [-0.3, -0.25) is 14.5 Å². The molecule has 0 saturated carbocycles. The predicted octanol–water partition coefficient (Wildman–Crippen LogP) is 6.98. The molecule has 2 aromatic carbocycles. The second-order valence-corrected chi connectivity index (χ2v) is 13.7. The van der Waals surface area contributed by atoms with Crippen LogP contribution in [0.2, 0.25) is 0 Å². The molecule has 0 saturated heterocycles. The monoisotopic (exact) mass is 576 g/mol. The van der Waals surface area contributed by atoms with Gasteiger partial charge in [0.25, 0.3) is 5.91 Å². The standard InChI is InChI=1S/C29H28N4O3S3/c1-16-25(38-17(2)30-16)23(34)21-22(19-11-13-20(14-12-19)29(3,4)5)33(26(36)24(21)35)27-31-32-28(39-27)37-15-18-9-7-6-8-10-18/h6-14,22,35H,15H2,1-5H3. The van der Waals surface area contributed by atoms with Gasteiger partial charge in [-0.1, -0.05) is 98.5 Å². The van der Waals surface area contributed by atoms with Crippen LogP contribution in [0.3, 0.4) is 0 Å². The molecule has 0 radical (unpaired) electrons. The number of aliphatic hydroxyl groups excluding tert-OH is 1. The van der Waals surface area contributed by atoms with Gasteiger partial charge >= 0.3 is 0 Å². The number of Topliss-reactive ketones (excluding diaryl/α,β-unsaturated/α-hetero) is 1. The van der Waals surface area contributed by atoms with Crippen LogP contribution in [0.1, 0.15) is 63.9 Å². The zero-order valence-electron chi connectivity index (χ0n) is 22.3. The number of aryl methyl sites for hydroxylation is 2. The lowest BCUT2D eigenvalue weighted by Crippen LogP contribution is -2.31. The molecular formula is C29H28N4O3S3. The number of carbonyl (C=O) groups excluding carboxylic acids is 2. The average Bonchev–Trinajstić information content (AvgIpc) is 3.58. The number of aromatic nitrogens is 3. The lowest BCUT2D eigenvalue weighted by Gasteiger charge is -2.25. The van der Waals surface area contributed by atoms with Crippen molar-refractivity contribution in [1.82, 2.24) is 15.2 Å². The third-order valence-electron chi connectivity index (χ3n) is 6.46. The largest absolute Gasteiger partial charge is 0.503 e. The Labute approximate surface area is 239 Å². The second-order valence-electron chi connectivity index (χ2n) is 10.3. The third-order valence-corrected chi connectivity index (χ3v) is 9.66. The molecule has 4 aromatic rings. The fraction of sp³-hybridized carbons (Fsp3) is 0.276. The first-order chi connectivity index (χ1) is 18.5. The summed E-state index contributed by atoms with van der Waals surface area (Å²) in [7, 11) is 0. The molecule has 1 atom stereocenters. The summed E-state index contributed by atoms with van der Waals surface area (Å²) in [6.45, 7) is 9.96. The maximum absolute atomic E-state index is 13.8. The van der Waals surface area contributed by atoms with Crippen LogP contribution in [0.4, 0.5) is 5.13 Å². The summed E-state index contributed by atoms with van der Waals surface area (Å²) in [4.78, 5) is 33.5. The van der Waals surface area contributed by atoms with Gasteiger partial charge in [0.2, 0.25) is 10.9 Å². The molecule has 0 spiro atoms. The minimum absolute atomic E-state index is 0.0314.